The lowest BCUT2D eigenvalue weighted by Gasteiger charge is -1.82. The van der Waals surface area contributed by atoms with E-state index in [-0.39, 0.29) is 0 Å². The highest BCUT2D eigenvalue weighted by atomic mass is 79.9. The van der Waals surface area contributed by atoms with Gasteiger partial charge in [-0.1, -0.05) is 0 Å². The Morgan fingerprint density at radius 3 is 2.75 bits per heavy atom. The summed E-state index contributed by atoms with van der Waals surface area (Å²) >= 11 is 2.97. The molecule has 2 nitrogen and oxygen atoms in total. The van der Waals surface area contributed by atoms with Gasteiger partial charge in [0.15, 0.2) is 0 Å². The van der Waals surface area contributed by atoms with Crippen molar-refractivity contribution in [2.75, 3.05) is 0 Å². The molecule has 0 unspecified atom stereocenters. The van der Waals surface area contributed by atoms with E-state index in [0.717, 1.165) is 0 Å². The first kappa shape index (κ1) is 5.62. The zero-order chi connectivity index (χ0) is 5.98. The Balaban J connectivity index is 3.03. The molecule has 0 atom stereocenters. The summed E-state index contributed by atoms with van der Waals surface area (Å²) in [5.74, 6) is -0.687. The summed E-state index contributed by atoms with van der Waals surface area (Å²) in [4.78, 5) is 0. The molecule has 0 bridgehead atoms. The van der Waals surface area contributed by atoms with Crippen molar-refractivity contribution < 1.29 is 4.39 Å². The van der Waals surface area contributed by atoms with Crippen LogP contribution < -0.4 is 0 Å². The molecule has 8 heavy (non-hydrogen) atoms. The van der Waals surface area contributed by atoms with Crippen molar-refractivity contribution in [1.29, 1.82) is 0 Å². The summed E-state index contributed by atoms with van der Waals surface area (Å²) in [6, 6.07) is 3.58. The van der Waals surface area contributed by atoms with E-state index in [0.29, 0.717) is 4.60 Å². The molecule has 1 radical (unpaired) electrons. The van der Waals surface area contributed by atoms with E-state index in [9.17, 15) is 4.39 Å². The predicted octanol–water partition coefficient (Wildman–Crippen LogP) is 1.18. The topological polar surface area (TPSA) is 25.8 Å². The molecule has 1 aromatic rings. The van der Waals surface area contributed by atoms with Crippen molar-refractivity contribution in [2.45, 2.75) is 0 Å². The first-order valence-corrected chi connectivity index (χ1v) is 2.65. The molecule has 0 amide bonds. The van der Waals surface area contributed by atoms with Gasteiger partial charge in [-0.05, 0) is 22.0 Å². The van der Waals surface area contributed by atoms with Gasteiger partial charge in [-0.15, -0.1) is 10.2 Å². The maximum atomic E-state index is 11.8. The summed E-state index contributed by atoms with van der Waals surface area (Å²) in [5.41, 5.74) is 0. The van der Waals surface area contributed by atoms with Gasteiger partial charge in [-0.2, -0.15) is 4.39 Å². The van der Waals surface area contributed by atoms with Crippen molar-refractivity contribution in [1.82, 2.24) is 10.2 Å². The zero-order valence-electron chi connectivity index (χ0n) is 3.73. The summed E-state index contributed by atoms with van der Waals surface area (Å²) < 4.78 is 12.3. The molecule has 41 valence electrons. The smallest absolute Gasteiger partial charge is 0.182 e. The Labute approximate surface area is 53.9 Å². The van der Waals surface area contributed by atoms with Crippen LogP contribution in [0.3, 0.4) is 0 Å². The van der Waals surface area contributed by atoms with Crippen molar-refractivity contribution in [3.05, 3.63) is 22.7 Å². The molecule has 1 aromatic heterocycles. The van der Waals surface area contributed by atoms with Gasteiger partial charge in [0.2, 0.25) is 5.95 Å². The molecule has 1 heterocycles. The molecule has 0 saturated carbocycles. The lowest BCUT2D eigenvalue weighted by Crippen LogP contribution is -1.85. The minimum absolute atomic E-state index is 0.485. The highest BCUT2D eigenvalue weighted by Gasteiger charge is 1.89. The Bertz CT molecular complexity index is 153. The summed E-state index contributed by atoms with van der Waals surface area (Å²) in [5, 5.41) is 6.40. The molecule has 0 aliphatic carbocycles. The molecular formula is C4HBrFN2. The zero-order valence-corrected chi connectivity index (χ0v) is 5.31. The lowest BCUT2D eigenvalue weighted by atomic mass is 10.6. The lowest BCUT2D eigenvalue weighted by molar-refractivity contribution is 0.559. The summed E-state index contributed by atoms with van der Waals surface area (Å²) in [6.07, 6.45) is 0. The second-order valence-corrected chi connectivity index (χ2v) is 1.91. The minimum atomic E-state index is -0.687. The number of rotatable bonds is 0. The van der Waals surface area contributed by atoms with Gasteiger partial charge in [-0.3, -0.25) is 0 Å². The first-order valence-electron chi connectivity index (χ1n) is 1.85. The van der Waals surface area contributed by atoms with Crippen LogP contribution in [0.1, 0.15) is 0 Å². The van der Waals surface area contributed by atoms with E-state index in [1.165, 1.54) is 6.07 Å². The monoisotopic (exact) mass is 175 g/mol. The molecule has 4 heteroatoms. The van der Waals surface area contributed by atoms with Crippen LogP contribution in [0.15, 0.2) is 10.7 Å². The molecule has 0 N–H and O–H groups in total. The average molecular weight is 176 g/mol. The first-order chi connectivity index (χ1) is 3.79. The summed E-state index contributed by atoms with van der Waals surface area (Å²) in [6.45, 7) is 0. The fourth-order valence-electron chi connectivity index (χ4n) is 0.269. The van der Waals surface area contributed by atoms with Crippen LogP contribution in [0.25, 0.3) is 0 Å². The second-order valence-electron chi connectivity index (χ2n) is 1.10. The number of hydrogen-bond donors (Lipinski definition) is 0. The molecule has 0 saturated heterocycles. The van der Waals surface area contributed by atoms with Crippen molar-refractivity contribution in [3.8, 4) is 0 Å². The molecular weight excluding hydrogens is 175 g/mol. The van der Waals surface area contributed by atoms with Crippen LogP contribution in [0.4, 0.5) is 4.39 Å². The van der Waals surface area contributed by atoms with Crippen LogP contribution in [0.2, 0.25) is 0 Å². The molecule has 0 fully saturated rings. The van der Waals surface area contributed by atoms with Gasteiger partial charge in [0.05, 0.1) is 0 Å². The van der Waals surface area contributed by atoms with Crippen LogP contribution in [0.5, 0.6) is 0 Å². The highest BCUT2D eigenvalue weighted by Crippen LogP contribution is 2.00. The number of nitrogens with zero attached hydrogens (tertiary/aromatic N) is 2. The van der Waals surface area contributed by atoms with Gasteiger partial charge >= 0.3 is 0 Å². The standard InChI is InChI=1S/C4HBrFN2/c5-3-1-2-4(6)8-7-3/h1H. The highest BCUT2D eigenvalue weighted by molar-refractivity contribution is 9.10. The van der Waals surface area contributed by atoms with E-state index in [1.807, 2.05) is 0 Å². The second kappa shape index (κ2) is 2.17. The van der Waals surface area contributed by atoms with Crippen molar-refractivity contribution in [3.63, 3.8) is 0 Å². The van der Waals surface area contributed by atoms with Crippen molar-refractivity contribution in [2.24, 2.45) is 0 Å². The Hall–Kier alpha value is -0.510. The van der Waals surface area contributed by atoms with Crippen LogP contribution in [-0.2, 0) is 0 Å². The van der Waals surface area contributed by atoms with Gasteiger partial charge < -0.3 is 0 Å². The third kappa shape index (κ3) is 1.23. The van der Waals surface area contributed by atoms with E-state index < -0.39 is 5.95 Å². The fraction of sp³-hybridized carbons (Fsp3) is 0. The quantitative estimate of drug-likeness (QED) is 0.592. The molecule has 0 spiro atoms. The Morgan fingerprint density at radius 2 is 2.38 bits per heavy atom. The van der Waals surface area contributed by atoms with Gasteiger partial charge in [-0.25, -0.2) is 0 Å². The molecule has 1 rings (SSSR count). The van der Waals surface area contributed by atoms with E-state index in [2.05, 4.69) is 32.2 Å². The maximum Gasteiger partial charge on any atom is 0.241 e. The molecule has 0 aliphatic rings. The normalized spacial score (nSPS) is 9.25. The minimum Gasteiger partial charge on any atom is -0.182 e. The van der Waals surface area contributed by atoms with Crippen LogP contribution >= 0.6 is 15.9 Å². The largest absolute Gasteiger partial charge is 0.241 e. The fourth-order valence-corrected chi connectivity index (χ4v) is 0.462. The third-order valence-electron chi connectivity index (χ3n) is 0.544. The van der Waals surface area contributed by atoms with Gasteiger partial charge in [0.1, 0.15) is 4.60 Å². The van der Waals surface area contributed by atoms with Gasteiger partial charge in [0.25, 0.3) is 0 Å². The third-order valence-corrected chi connectivity index (χ3v) is 0.931. The van der Waals surface area contributed by atoms with Crippen molar-refractivity contribution >= 4 is 15.9 Å². The summed E-state index contributed by atoms with van der Waals surface area (Å²) in [7, 11) is 0. The number of hydrogen-bond acceptors (Lipinski definition) is 2. The molecule has 0 aromatic carbocycles. The Morgan fingerprint density at radius 1 is 1.62 bits per heavy atom. The molecule has 0 aliphatic heterocycles. The van der Waals surface area contributed by atoms with Crippen LogP contribution in [0, 0.1) is 12.0 Å². The average Bonchev–Trinajstić information content (AvgIpc) is 1.77. The van der Waals surface area contributed by atoms with Gasteiger partial charge in [0, 0.05) is 6.07 Å². The van der Waals surface area contributed by atoms with Crippen LogP contribution in [-0.4, -0.2) is 10.2 Å². The van der Waals surface area contributed by atoms with E-state index >= 15 is 0 Å². The van der Waals surface area contributed by atoms with E-state index in [4.69, 9.17) is 0 Å². The maximum absolute atomic E-state index is 11.8. The Kier molecular flexibility index (Phi) is 1.53. The van der Waals surface area contributed by atoms with E-state index in [1.54, 1.807) is 0 Å². The number of halogens is 2. The number of aromatic nitrogens is 2. The predicted molar refractivity (Wildman–Crippen MR) is 28.5 cm³/mol. The SMILES string of the molecule is Fc1[c]cc(Br)nn1.